The average Bonchev–Trinajstić information content (AvgIpc) is 0.956. The SMILES string of the molecule is C=CC(=O)OCCOc1c2cc(CCCCCC)cc1Cc1cc(CCCCCC)cc(c1OCCOC(=O)CC(=O)OC)Cc1cc(CCCCCC)cc(c1OCCOC(=O)C=C)Cc1cc(CCCCCC)cc(c1OCCOC(=O)CC(=O)OC)C2. The van der Waals surface area contributed by atoms with Gasteiger partial charge in [0.05, 0.1) is 14.2 Å². The first-order valence-electron chi connectivity index (χ1n) is 32.9. The quantitative estimate of drug-likeness (QED) is 0.0118. The molecule has 0 saturated carbocycles. The van der Waals surface area contributed by atoms with Gasteiger partial charge in [-0.1, -0.05) is 166 Å². The van der Waals surface area contributed by atoms with Gasteiger partial charge >= 0.3 is 35.8 Å². The molecule has 0 radical (unpaired) electrons. The maximum Gasteiger partial charge on any atom is 0.330 e. The van der Waals surface area contributed by atoms with Crippen LogP contribution in [-0.2, 0) is 109 Å². The number of carbonyl (C=O) groups is 6. The van der Waals surface area contributed by atoms with Crippen LogP contribution in [0.1, 0.15) is 210 Å². The third kappa shape index (κ3) is 25.7. The van der Waals surface area contributed by atoms with Crippen molar-refractivity contribution in [2.24, 2.45) is 0 Å². The molecule has 1 aliphatic rings. The van der Waals surface area contributed by atoms with Gasteiger partial charge < -0.3 is 47.4 Å². The molecule has 0 atom stereocenters. The topological polar surface area (TPSA) is 195 Å². The van der Waals surface area contributed by atoms with Crippen LogP contribution in [-0.4, -0.2) is 103 Å². The van der Waals surface area contributed by atoms with Gasteiger partial charge in [-0.15, -0.1) is 0 Å². The third-order valence-electron chi connectivity index (χ3n) is 15.7. The predicted molar refractivity (Wildman–Crippen MR) is 348 cm³/mol. The molecule has 0 fully saturated rings. The largest absolute Gasteiger partial charge is 0.489 e. The summed E-state index contributed by atoms with van der Waals surface area (Å²) < 4.78 is 59.4. The van der Waals surface area contributed by atoms with Crippen LogP contribution in [0.25, 0.3) is 0 Å². The normalized spacial score (nSPS) is 11.6. The molecule has 90 heavy (non-hydrogen) atoms. The number of unbranched alkanes of at least 4 members (excludes halogenated alkanes) is 12. The van der Waals surface area contributed by atoms with Crippen LogP contribution in [0.5, 0.6) is 23.0 Å². The van der Waals surface area contributed by atoms with Gasteiger partial charge in [0.25, 0.3) is 0 Å². The van der Waals surface area contributed by atoms with Crippen molar-refractivity contribution in [3.8, 4) is 23.0 Å². The smallest absolute Gasteiger partial charge is 0.330 e. The molecule has 16 nitrogen and oxygen atoms in total. The Bertz CT molecular complexity index is 2660. The maximum atomic E-state index is 12.9. The minimum Gasteiger partial charge on any atom is -0.489 e. The van der Waals surface area contributed by atoms with Crippen molar-refractivity contribution >= 4 is 35.8 Å². The molecule has 0 N–H and O–H groups in total. The highest BCUT2D eigenvalue weighted by atomic mass is 16.6. The molecule has 0 spiro atoms. The van der Waals surface area contributed by atoms with E-state index in [4.69, 9.17) is 47.4 Å². The molecule has 4 aromatic rings. The zero-order valence-electron chi connectivity index (χ0n) is 54.8. The Labute approximate surface area is 535 Å². The van der Waals surface area contributed by atoms with Crippen LogP contribution in [0.4, 0.5) is 0 Å². The lowest BCUT2D eigenvalue weighted by Gasteiger charge is -2.25. The van der Waals surface area contributed by atoms with E-state index in [1.807, 2.05) is 0 Å². The molecule has 0 unspecified atom stereocenters. The first-order valence-corrected chi connectivity index (χ1v) is 32.9. The van der Waals surface area contributed by atoms with E-state index in [1.54, 1.807) is 0 Å². The number of carbonyl (C=O) groups excluding carboxylic acids is 6. The van der Waals surface area contributed by atoms with Crippen molar-refractivity contribution in [2.75, 3.05) is 67.1 Å². The van der Waals surface area contributed by atoms with E-state index in [0.29, 0.717) is 48.7 Å². The Kier molecular flexibility index (Phi) is 33.8. The Balaban J connectivity index is 1.92. The molecule has 1 aliphatic carbocycles. The number of ether oxygens (including phenoxy) is 10. The standard InChI is InChI=1S/C74H100O16/c1-9-15-19-23-27-53-39-57-47-61-43-55(29-25-21-17-11-3)45-63(73(61)89-37-33-85-69(79)51-67(77)81-7)49-59-41-54(28-24-20-16-10-2)42-60(72(59)88-36-32-84-66(76)14-6)50-64-46-56(30-26-22-18-12-4)44-62(74(64)90-38-34-86-70(80)52-68(78)82-8)48-58(40-53)71(57)87-35-31-83-65(75)13-5/h13-14,39-46H,5-6,9-12,15-38,47-52H2,1-4,7-8H3. The van der Waals surface area contributed by atoms with Gasteiger partial charge in [0.1, 0.15) is 88.7 Å². The molecule has 4 aromatic carbocycles. The fourth-order valence-corrected chi connectivity index (χ4v) is 11.3. The summed E-state index contributed by atoms with van der Waals surface area (Å²) in [4.78, 5) is 74.9. The fraction of sp³-hybridized carbons (Fsp3) is 0.541. The molecule has 0 aliphatic heterocycles. The minimum absolute atomic E-state index is 0.0342. The molecular formula is C74H100O16. The van der Waals surface area contributed by atoms with Gasteiger partial charge in [0.15, 0.2) is 0 Å². The van der Waals surface area contributed by atoms with Crippen LogP contribution < -0.4 is 18.9 Å². The highest BCUT2D eigenvalue weighted by molar-refractivity contribution is 5.91. The van der Waals surface area contributed by atoms with Crippen molar-refractivity contribution in [3.63, 3.8) is 0 Å². The highest BCUT2D eigenvalue weighted by Gasteiger charge is 2.26. The second-order valence-electron chi connectivity index (χ2n) is 23.0. The summed E-state index contributed by atoms with van der Waals surface area (Å²) in [5.41, 5.74) is 11.5. The van der Waals surface area contributed by atoms with Gasteiger partial charge in [-0.25, -0.2) is 9.59 Å². The summed E-state index contributed by atoms with van der Waals surface area (Å²) in [5, 5.41) is 0. The summed E-state index contributed by atoms with van der Waals surface area (Å²) in [6, 6.07) is 17.8. The molecular weight excluding hydrogens is 1140 g/mol. The van der Waals surface area contributed by atoms with Crippen molar-refractivity contribution in [3.05, 3.63) is 141 Å². The molecule has 16 heteroatoms. The summed E-state index contributed by atoms with van der Waals surface area (Å²) in [6.07, 6.45) is 22.5. The number of rotatable bonds is 42. The number of fused-ring (bicyclic) bond motifs is 8. The monoisotopic (exact) mass is 1240 g/mol. The number of methoxy groups -OCH3 is 2. The molecule has 0 heterocycles. The second-order valence-corrected chi connectivity index (χ2v) is 23.0. The van der Waals surface area contributed by atoms with Crippen molar-refractivity contribution < 1.29 is 76.1 Å². The second kappa shape index (κ2) is 41.6. The summed E-state index contributed by atoms with van der Waals surface area (Å²) in [6.45, 7) is 15.6. The number of aryl methyl sites for hydroxylation is 4. The van der Waals surface area contributed by atoms with Crippen molar-refractivity contribution in [1.29, 1.82) is 0 Å². The molecule has 0 aromatic heterocycles. The van der Waals surface area contributed by atoms with Gasteiger partial charge in [0.2, 0.25) is 0 Å². The van der Waals surface area contributed by atoms with Crippen LogP contribution >= 0.6 is 0 Å². The van der Waals surface area contributed by atoms with Gasteiger partial charge in [-0.05, 0) is 118 Å². The predicted octanol–water partition coefficient (Wildman–Crippen LogP) is 14.0. The first kappa shape index (κ1) is 73.1. The van der Waals surface area contributed by atoms with E-state index in [1.165, 1.54) is 14.2 Å². The van der Waals surface area contributed by atoms with E-state index in [-0.39, 0.29) is 52.9 Å². The van der Waals surface area contributed by atoms with Gasteiger partial charge in [0, 0.05) is 37.8 Å². The number of esters is 6. The zero-order chi connectivity index (χ0) is 64.9. The molecule has 0 saturated heterocycles. The van der Waals surface area contributed by atoms with Crippen LogP contribution in [0.2, 0.25) is 0 Å². The van der Waals surface area contributed by atoms with E-state index >= 15 is 0 Å². The lowest BCUT2D eigenvalue weighted by molar-refractivity contribution is -0.155. The highest BCUT2D eigenvalue weighted by Crippen LogP contribution is 2.42. The van der Waals surface area contributed by atoms with Crippen molar-refractivity contribution in [2.45, 2.75) is 195 Å². The number of hydrogen-bond acceptors (Lipinski definition) is 16. The van der Waals surface area contributed by atoms with Crippen LogP contribution in [0.3, 0.4) is 0 Å². The van der Waals surface area contributed by atoms with E-state index < -0.39 is 48.7 Å². The number of benzene rings is 4. The minimum atomic E-state index is -0.733. The Morgan fingerprint density at radius 3 is 0.778 bits per heavy atom. The number of hydrogen-bond donors (Lipinski definition) is 0. The van der Waals surface area contributed by atoms with Gasteiger partial charge in [-0.2, -0.15) is 0 Å². The Morgan fingerprint density at radius 1 is 0.333 bits per heavy atom. The first-order chi connectivity index (χ1) is 43.8. The summed E-state index contributed by atoms with van der Waals surface area (Å²) >= 11 is 0. The molecule has 8 bridgehead atoms. The van der Waals surface area contributed by atoms with E-state index in [2.05, 4.69) is 89.4 Å². The van der Waals surface area contributed by atoms with Crippen molar-refractivity contribution in [1.82, 2.24) is 0 Å². The Morgan fingerprint density at radius 2 is 0.567 bits per heavy atom. The summed E-state index contributed by atoms with van der Waals surface area (Å²) in [7, 11) is 2.44. The molecule has 0 amide bonds. The van der Waals surface area contributed by atoms with Crippen LogP contribution in [0, 0.1) is 0 Å². The zero-order valence-corrected chi connectivity index (χ0v) is 54.8. The molecule has 492 valence electrons. The van der Waals surface area contributed by atoms with Crippen LogP contribution in [0.15, 0.2) is 73.8 Å². The maximum absolute atomic E-state index is 12.9. The average molecular weight is 1250 g/mol. The summed E-state index contributed by atoms with van der Waals surface area (Å²) in [5.74, 6) is -1.56. The van der Waals surface area contributed by atoms with E-state index in [9.17, 15) is 28.8 Å². The fourth-order valence-electron chi connectivity index (χ4n) is 11.3. The molecule has 5 rings (SSSR count). The third-order valence-corrected chi connectivity index (χ3v) is 15.7. The lowest BCUT2D eigenvalue weighted by atomic mass is 9.87. The lowest BCUT2D eigenvalue weighted by Crippen LogP contribution is -2.18. The van der Waals surface area contributed by atoms with E-state index in [0.717, 1.165) is 207 Å². The van der Waals surface area contributed by atoms with Gasteiger partial charge in [-0.3, -0.25) is 19.2 Å². The Hall–Kier alpha value is -7.62.